The van der Waals surface area contributed by atoms with Crippen molar-refractivity contribution in [2.45, 2.75) is 38.6 Å². The predicted molar refractivity (Wildman–Crippen MR) is 108 cm³/mol. The van der Waals surface area contributed by atoms with Crippen molar-refractivity contribution >= 4 is 17.3 Å². The van der Waals surface area contributed by atoms with E-state index in [9.17, 15) is 13.2 Å². The van der Waals surface area contributed by atoms with Crippen LogP contribution in [-0.2, 0) is 17.5 Å². The van der Waals surface area contributed by atoms with Crippen LogP contribution in [0, 0.1) is 0 Å². The third-order valence-electron chi connectivity index (χ3n) is 4.65. The lowest BCUT2D eigenvalue weighted by molar-refractivity contribution is -0.137. The molecule has 2 aromatic rings. The fraction of sp³-hybridized carbons (Fsp3) is 0.500. The van der Waals surface area contributed by atoms with Crippen molar-refractivity contribution in [3.8, 4) is 0 Å². The molecule has 1 aliphatic heterocycles. The van der Waals surface area contributed by atoms with Gasteiger partial charge in [-0.3, -0.25) is 4.99 Å². The summed E-state index contributed by atoms with van der Waals surface area (Å²) in [7, 11) is 1.69. The van der Waals surface area contributed by atoms with Crippen LogP contribution < -0.4 is 5.32 Å². The highest BCUT2D eigenvalue weighted by Crippen LogP contribution is 2.32. The molecule has 1 fully saturated rings. The number of nitrogens with one attached hydrogen (secondary N) is 1. The van der Waals surface area contributed by atoms with Crippen molar-refractivity contribution in [1.82, 2.24) is 15.2 Å². The Morgan fingerprint density at radius 1 is 1.41 bits per heavy atom. The lowest BCUT2D eigenvalue weighted by atomic mass is 10.0. The molecule has 158 valence electrons. The number of hydrogen-bond donors (Lipinski definition) is 1. The Kier molecular flexibility index (Phi) is 6.79. The van der Waals surface area contributed by atoms with Crippen LogP contribution in [-0.4, -0.2) is 42.6 Å². The average Bonchev–Trinajstić information content (AvgIpc) is 3.18. The number of alkyl halides is 3. The van der Waals surface area contributed by atoms with E-state index < -0.39 is 17.8 Å². The molecule has 5 nitrogen and oxygen atoms in total. The molecule has 1 unspecified atom stereocenters. The van der Waals surface area contributed by atoms with Crippen molar-refractivity contribution in [1.29, 1.82) is 0 Å². The van der Waals surface area contributed by atoms with Crippen LogP contribution in [0.3, 0.4) is 0 Å². The number of guanidine groups is 1. The molecule has 1 aromatic carbocycles. The van der Waals surface area contributed by atoms with E-state index in [0.717, 1.165) is 22.8 Å². The molecule has 9 heteroatoms. The van der Waals surface area contributed by atoms with Gasteiger partial charge < -0.3 is 15.0 Å². The zero-order valence-electron chi connectivity index (χ0n) is 16.7. The number of halogens is 3. The fourth-order valence-corrected chi connectivity index (χ4v) is 3.96. The van der Waals surface area contributed by atoms with Crippen molar-refractivity contribution in [2.75, 3.05) is 26.7 Å². The Morgan fingerprint density at radius 3 is 2.86 bits per heavy atom. The summed E-state index contributed by atoms with van der Waals surface area (Å²) in [5.41, 5.74) is 0.798. The number of hydrogen-bond acceptors (Lipinski definition) is 4. The summed E-state index contributed by atoms with van der Waals surface area (Å²) in [6.45, 7) is 6.21. The van der Waals surface area contributed by atoms with E-state index in [-0.39, 0.29) is 0 Å². The van der Waals surface area contributed by atoms with Crippen molar-refractivity contribution in [2.24, 2.45) is 4.99 Å². The maximum absolute atomic E-state index is 13.0. The largest absolute Gasteiger partial charge is 0.416 e. The van der Waals surface area contributed by atoms with Gasteiger partial charge >= 0.3 is 6.18 Å². The molecule has 1 aliphatic rings. The van der Waals surface area contributed by atoms with E-state index in [2.05, 4.69) is 29.1 Å². The maximum Gasteiger partial charge on any atom is 0.416 e. The number of thiazole rings is 1. The molecule has 0 amide bonds. The first-order valence-electron chi connectivity index (χ1n) is 9.46. The monoisotopic (exact) mass is 426 g/mol. The minimum Gasteiger partial charge on any atom is -0.370 e. The normalized spacial score (nSPS) is 18.4. The number of morpholine rings is 1. The van der Waals surface area contributed by atoms with Crippen LogP contribution in [0.1, 0.15) is 47.7 Å². The molecule has 0 radical (unpaired) electrons. The van der Waals surface area contributed by atoms with E-state index in [1.165, 1.54) is 6.07 Å². The Morgan fingerprint density at radius 2 is 2.21 bits per heavy atom. The van der Waals surface area contributed by atoms with E-state index in [0.29, 0.717) is 43.7 Å². The van der Waals surface area contributed by atoms with Gasteiger partial charge in [0.15, 0.2) is 5.96 Å². The van der Waals surface area contributed by atoms with Gasteiger partial charge in [0.25, 0.3) is 0 Å². The van der Waals surface area contributed by atoms with Crippen molar-refractivity contribution in [3.05, 3.63) is 51.5 Å². The summed E-state index contributed by atoms with van der Waals surface area (Å²) in [4.78, 5) is 10.9. The van der Waals surface area contributed by atoms with Gasteiger partial charge in [-0.2, -0.15) is 13.2 Å². The molecule has 0 spiro atoms. The minimum absolute atomic E-state index is 0.389. The van der Waals surface area contributed by atoms with Crippen LogP contribution >= 0.6 is 11.3 Å². The fourth-order valence-electron chi connectivity index (χ4n) is 3.13. The van der Waals surface area contributed by atoms with Gasteiger partial charge in [0.05, 0.1) is 36.0 Å². The second-order valence-corrected chi connectivity index (χ2v) is 8.05. The zero-order chi connectivity index (χ0) is 21.0. The average molecular weight is 427 g/mol. The lowest BCUT2D eigenvalue weighted by Crippen LogP contribution is -2.48. The topological polar surface area (TPSA) is 49.8 Å². The van der Waals surface area contributed by atoms with E-state index in [1.807, 2.05) is 10.3 Å². The standard InChI is InChI=1S/C20H25F3N4OS/c1-13(2)18-26-16(12-29-18)10-25-19(24-3)27-7-8-28-17(11-27)14-5-4-6-15(9-14)20(21,22)23/h4-6,9,12-13,17H,7-8,10-11H2,1-3H3,(H,24,25). The molecular formula is C20H25F3N4OS. The van der Waals surface area contributed by atoms with Gasteiger partial charge in [-0.1, -0.05) is 26.0 Å². The Balaban J connectivity index is 1.65. The smallest absolute Gasteiger partial charge is 0.370 e. The van der Waals surface area contributed by atoms with Crippen LogP contribution in [0.15, 0.2) is 34.6 Å². The quantitative estimate of drug-likeness (QED) is 0.580. The number of aromatic nitrogens is 1. The van der Waals surface area contributed by atoms with Crippen molar-refractivity contribution in [3.63, 3.8) is 0 Å². The summed E-state index contributed by atoms with van der Waals surface area (Å²) in [6, 6.07) is 5.32. The lowest BCUT2D eigenvalue weighted by Gasteiger charge is -2.35. The number of ether oxygens (including phenoxy) is 1. The number of aliphatic imine (C=N–C) groups is 1. The molecule has 0 saturated carbocycles. The van der Waals surface area contributed by atoms with Gasteiger partial charge in [-0.25, -0.2) is 4.98 Å². The maximum atomic E-state index is 13.0. The molecule has 0 aliphatic carbocycles. The Bertz CT molecular complexity index is 850. The molecule has 1 aromatic heterocycles. The molecule has 2 heterocycles. The van der Waals surface area contributed by atoms with Gasteiger partial charge in [-0.15, -0.1) is 11.3 Å². The second-order valence-electron chi connectivity index (χ2n) is 7.16. The van der Waals surface area contributed by atoms with E-state index >= 15 is 0 Å². The van der Waals surface area contributed by atoms with E-state index in [1.54, 1.807) is 24.5 Å². The Labute approximate surface area is 172 Å². The number of rotatable bonds is 4. The SMILES string of the molecule is CN=C(NCc1csc(C(C)C)n1)N1CCOC(c2cccc(C(F)(F)F)c2)C1. The Hall–Kier alpha value is -2.13. The first-order chi connectivity index (χ1) is 13.8. The minimum atomic E-state index is -4.37. The molecule has 29 heavy (non-hydrogen) atoms. The van der Waals surface area contributed by atoms with Crippen LogP contribution in [0.4, 0.5) is 13.2 Å². The summed E-state index contributed by atoms with van der Waals surface area (Å²) in [5, 5.41) is 6.42. The highest BCUT2D eigenvalue weighted by molar-refractivity contribution is 7.09. The van der Waals surface area contributed by atoms with E-state index in [4.69, 9.17) is 4.74 Å². The predicted octanol–water partition coefficient (Wildman–Crippen LogP) is 4.43. The van der Waals surface area contributed by atoms with Gasteiger partial charge in [0.2, 0.25) is 0 Å². The first-order valence-corrected chi connectivity index (χ1v) is 10.3. The molecular weight excluding hydrogens is 401 g/mol. The summed E-state index contributed by atoms with van der Waals surface area (Å²) in [5.74, 6) is 1.07. The first kappa shape index (κ1) is 21.6. The zero-order valence-corrected chi connectivity index (χ0v) is 17.5. The third kappa shape index (κ3) is 5.48. The number of benzene rings is 1. The van der Waals surface area contributed by atoms with Crippen LogP contribution in [0.25, 0.3) is 0 Å². The second kappa shape index (κ2) is 9.13. The summed E-state index contributed by atoms with van der Waals surface area (Å²) < 4.78 is 44.8. The molecule has 1 N–H and O–H groups in total. The van der Waals surface area contributed by atoms with Gasteiger partial charge in [0, 0.05) is 24.9 Å². The summed E-state index contributed by atoms with van der Waals surface area (Å²) in [6.07, 6.45) is -4.82. The van der Waals surface area contributed by atoms with Crippen LogP contribution in [0.5, 0.6) is 0 Å². The summed E-state index contributed by atoms with van der Waals surface area (Å²) >= 11 is 1.64. The highest BCUT2D eigenvalue weighted by Gasteiger charge is 2.32. The van der Waals surface area contributed by atoms with Gasteiger partial charge in [0.1, 0.15) is 6.10 Å². The molecule has 3 rings (SSSR count). The van der Waals surface area contributed by atoms with Crippen molar-refractivity contribution < 1.29 is 17.9 Å². The van der Waals surface area contributed by atoms with Gasteiger partial charge in [-0.05, 0) is 17.7 Å². The third-order valence-corrected chi connectivity index (χ3v) is 5.85. The van der Waals surface area contributed by atoms with Crippen LogP contribution in [0.2, 0.25) is 0 Å². The molecule has 1 atom stereocenters. The molecule has 1 saturated heterocycles. The highest BCUT2D eigenvalue weighted by atomic mass is 32.1. The number of nitrogens with zero attached hydrogens (tertiary/aromatic N) is 3. The molecule has 0 bridgehead atoms.